The van der Waals surface area contributed by atoms with E-state index >= 15 is 0 Å². The topological polar surface area (TPSA) is 70.4 Å². The molecule has 1 aromatic rings. The van der Waals surface area contributed by atoms with E-state index in [1.165, 1.54) is 5.56 Å². The molecule has 1 aliphatic heterocycles. The van der Waals surface area contributed by atoms with Crippen molar-refractivity contribution in [2.45, 2.75) is 6.54 Å². The van der Waals surface area contributed by atoms with Gasteiger partial charge in [0.25, 0.3) is 0 Å². The number of nitrogens with zero attached hydrogens (tertiary/aromatic N) is 1. The normalized spacial score (nSPS) is 16.7. The van der Waals surface area contributed by atoms with Gasteiger partial charge in [0.05, 0.1) is 0 Å². The maximum Gasteiger partial charge on any atom is 0.316 e. The zero-order valence-electron chi connectivity index (χ0n) is 9.78. The number of carbonyl (C=O) groups is 1. The third-order valence-corrected chi connectivity index (χ3v) is 2.81. The zero-order valence-corrected chi connectivity index (χ0v) is 9.78. The number of nitrogens with one attached hydrogen (secondary N) is 2. The Hall–Kier alpha value is -1.59. The fourth-order valence-corrected chi connectivity index (χ4v) is 2.02. The number of benzene rings is 1. The van der Waals surface area contributed by atoms with Crippen LogP contribution in [0.1, 0.15) is 5.56 Å². The van der Waals surface area contributed by atoms with Gasteiger partial charge in [0.15, 0.2) is 0 Å². The second-order valence-corrected chi connectivity index (χ2v) is 4.22. The maximum atomic E-state index is 10.8. The van der Waals surface area contributed by atoms with E-state index in [0.29, 0.717) is 0 Å². The Labute approximate surface area is 101 Å². The molecule has 1 aliphatic rings. The summed E-state index contributed by atoms with van der Waals surface area (Å²) >= 11 is 0. The Kier molecular flexibility index (Phi) is 3.95. The molecule has 0 aromatic heterocycles. The molecule has 0 atom stereocenters. The molecule has 4 N–H and O–H groups in total. The van der Waals surface area contributed by atoms with Crippen LogP contribution in [0, 0.1) is 0 Å². The molecule has 1 fully saturated rings. The van der Waals surface area contributed by atoms with Gasteiger partial charge >= 0.3 is 6.03 Å². The molecular weight excluding hydrogens is 216 g/mol. The average molecular weight is 234 g/mol. The summed E-state index contributed by atoms with van der Waals surface area (Å²) in [6, 6.07) is 7.28. The van der Waals surface area contributed by atoms with Gasteiger partial charge in [-0.15, -0.1) is 0 Å². The van der Waals surface area contributed by atoms with Crippen molar-refractivity contribution >= 4 is 11.7 Å². The summed E-state index contributed by atoms with van der Waals surface area (Å²) in [6.45, 7) is 5.12. The minimum absolute atomic E-state index is 0.524. The second-order valence-electron chi connectivity index (χ2n) is 4.22. The van der Waals surface area contributed by atoms with Crippen molar-refractivity contribution in [1.82, 2.24) is 10.2 Å². The summed E-state index contributed by atoms with van der Waals surface area (Å²) in [5.74, 6) is 0. The van der Waals surface area contributed by atoms with Crippen molar-refractivity contribution in [2.75, 3.05) is 31.5 Å². The summed E-state index contributed by atoms with van der Waals surface area (Å²) in [5, 5.41) is 5.91. The van der Waals surface area contributed by atoms with Crippen LogP contribution in [-0.2, 0) is 6.54 Å². The van der Waals surface area contributed by atoms with E-state index in [-0.39, 0.29) is 0 Å². The highest BCUT2D eigenvalue weighted by Gasteiger charge is 2.09. The minimum atomic E-state index is -0.524. The highest BCUT2D eigenvalue weighted by atomic mass is 16.2. The highest BCUT2D eigenvalue weighted by Crippen LogP contribution is 2.12. The Morgan fingerprint density at radius 2 is 2.18 bits per heavy atom. The number of hydrogen-bond acceptors (Lipinski definition) is 3. The summed E-state index contributed by atoms with van der Waals surface area (Å²) in [4.78, 5) is 13.2. The van der Waals surface area contributed by atoms with Crippen LogP contribution in [0.4, 0.5) is 10.5 Å². The molecule has 0 aliphatic carbocycles. The molecule has 5 nitrogen and oxygen atoms in total. The van der Waals surface area contributed by atoms with Gasteiger partial charge in [-0.05, 0) is 17.7 Å². The molecule has 1 saturated heterocycles. The van der Waals surface area contributed by atoms with Gasteiger partial charge in [-0.2, -0.15) is 0 Å². The van der Waals surface area contributed by atoms with Crippen LogP contribution in [-0.4, -0.2) is 37.1 Å². The Morgan fingerprint density at radius 1 is 1.41 bits per heavy atom. The lowest BCUT2D eigenvalue weighted by Crippen LogP contribution is -2.42. The lowest BCUT2D eigenvalue weighted by Gasteiger charge is -2.27. The molecule has 17 heavy (non-hydrogen) atoms. The SMILES string of the molecule is NC(=O)Nc1cccc(CN2CCNCC2)c1. The van der Waals surface area contributed by atoms with E-state index < -0.39 is 6.03 Å². The average Bonchev–Trinajstić information content (AvgIpc) is 2.30. The van der Waals surface area contributed by atoms with Crippen molar-refractivity contribution in [3.63, 3.8) is 0 Å². The quantitative estimate of drug-likeness (QED) is 0.716. The Bertz CT molecular complexity index is 388. The zero-order chi connectivity index (χ0) is 12.1. The molecule has 0 unspecified atom stereocenters. The number of hydrogen-bond donors (Lipinski definition) is 3. The maximum absolute atomic E-state index is 10.8. The molecule has 0 radical (unpaired) electrons. The smallest absolute Gasteiger partial charge is 0.316 e. The van der Waals surface area contributed by atoms with E-state index in [1.807, 2.05) is 18.2 Å². The van der Waals surface area contributed by atoms with Gasteiger partial charge in [0.2, 0.25) is 0 Å². The Morgan fingerprint density at radius 3 is 2.88 bits per heavy atom. The van der Waals surface area contributed by atoms with Crippen LogP contribution < -0.4 is 16.4 Å². The van der Waals surface area contributed by atoms with Gasteiger partial charge in [0, 0.05) is 38.4 Å². The van der Waals surface area contributed by atoms with Crippen molar-refractivity contribution in [3.05, 3.63) is 29.8 Å². The molecule has 2 rings (SSSR count). The van der Waals surface area contributed by atoms with Gasteiger partial charge in [-0.25, -0.2) is 4.79 Å². The van der Waals surface area contributed by atoms with Crippen LogP contribution >= 0.6 is 0 Å². The number of amides is 2. The number of rotatable bonds is 3. The number of primary amides is 1. The summed E-state index contributed by atoms with van der Waals surface area (Å²) in [6.07, 6.45) is 0. The molecular formula is C12H18N4O. The molecule has 2 amide bonds. The van der Waals surface area contributed by atoms with E-state index in [0.717, 1.165) is 38.4 Å². The van der Waals surface area contributed by atoms with Crippen molar-refractivity contribution in [2.24, 2.45) is 5.73 Å². The van der Waals surface area contributed by atoms with Gasteiger partial charge in [0.1, 0.15) is 0 Å². The van der Waals surface area contributed by atoms with Crippen molar-refractivity contribution in [3.8, 4) is 0 Å². The van der Waals surface area contributed by atoms with E-state index in [4.69, 9.17) is 5.73 Å². The van der Waals surface area contributed by atoms with Crippen molar-refractivity contribution in [1.29, 1.82) is 0 Å². The highest BCUT2D eigenvalue weighted by molar-refractivity contribution is 5.87. The van der Waals surface area contributed by atoms with E-state index in [1.54, 1.807) is 0 Å². The molecule has 1 heterocycles. The molecule has 0 saturated carbocycles. The number of nitrogens with two attached hydrogens (primary N) is 1. The predicted molar refractivity (Wildman–Crippen MR) is 67.8 cm³/mol. The van der Waals surface area contributed by atoms with Crippen LogP contribution in [0.3, 0.4) is 0 Å². The number of carbonyl (C=O) groups excluding carboxylic acids is 1. The first-order valence-corrected chi connectivity index (χ1v) is 5.82. The minimum Gasteiger partial charge on any atom is -0.351 e. The first kappa shape index (κ1) is 11.9. The number of urea groups is 1. The van der Waals surface area contributed by atoms with Crippen LogP contribution in [0.25, 0.3) is 0 Å². The van der Waals surface area contributed by atoms with Crippen LogP contribution in [0.2, 0.25) is 0 Å². The predicted octanol–water partition coefficient (Wildman–Crippen LogP) is 0.582. The third kappa shape index (κ3) is 3.72. The van der Waals surface area contributed by atoms with Crippen molar-refractivity contribution < 1.29 is 4.79 Å². The first-order chi connectivity index (χ1) is 8.24. The lowest BCUT2D eigenvalue weighted by molar-refractivity contribution is 0.233. The molecule has 0 bridgehead atoms. The van der Waals surface area contributed by atoms with Crippen LogP contribution in [0.5, 0.6) is 0 Å². The second kappa shape index (κ2) is 5.65. The largest absolute Gasteiger partial charge is 0.351 e. The first-order valence-electron chi connectivity index (χ1n) is 5.82. The lowest BCUT2D eigenvalue weighted by atomic mass is 10.2. The molecule has 0 spiro atoms. The van der Waals surface area contributed by atoms with Gasteiger partial charge in [-0.1, -0.05) is 12.1 Å². The third-order valence-electron chi connectivity index (χ3n) is 2.81. The van der Waals surface area contributed by atoms with E-state index in [2.05, 4.69) is 21.6 Å². The summed E-state index contributed by atoms with van der Waals surface area (Å²) < 4.78 is 0. The van der Waals surface area contributed by atoms with Gasteiger partial charge in [-0.3, -0.25) is 4.90 Å². The number of piperazine rings is 1. The molecule has 92 valence electrons. The molecule has 1 aromatic carbocycles. The Balaban J connectivity index is 1.97. The standard InChI is InChI=1S/C12H18N4O/c13-12(17)15-11-3-1-2-10(8-11)9-16-6-4-14-5-7-16/h1-3,8,14H,4-7,9H2,(H3,13,15,17). The fraction of sp³-hybridized carbons (Fsp3) is 0.417. The fourth-order valence-electron chi connectivity index (χ4n) is 2.02. The summed E-state index contributed by atoms with van der Waals surface area (Å²) in [7, 11) is 0. The van der Waals surface area contributed by atoms with E-state index in [9.17, 15) is 4.79 Å². The summed E-state index contributed by atoms with van der Waals surface area (Å²) in [5.41, 5.74) is 7.04. The molecule has 5 heteroatoms. The van der Waals surface area contributed by atoms with Crippen LogP contribution in [0.15, 0.2) is 24.3 Å². The monoisotopic (exact) mass is 234 g/mol. The number of anilines is 1. The van der Waals surface area contributed by atoms with Gasteiger partial charge < -0.3 is 16.4 Å².